The highest BCUT2D eigenvalue weighted by Gasteiger charge is 2.27. The molecule has 0 spiro atoms. The quantitative estimate of drug-likeness (QED) is 0.858. The van der Waals surface area contributed by atoms with E-state index in [1.807, 2.05) is 33.3 Å². The van der Waals surface area contributed by atoms with Crippen LogP contribution in [0.2, 0.25) is 5.02 Å². The number of benzene rings is 2. The molecule has 0 atom stereocenters. The second-order valence-corrected chi connectivity index (χ2v) is 7.31. The van der Waals surface area contributed by atoms with Gasteiger partial charge in [0.25, 0.3) is 5.91 Å². The lowest BCUT2D eigenvalue weighted by molar-refractivity contribution is -0.114. The molecule has 142 valence electrons. The van der Waals surface area contributed by atoms with Crippen molar-refractivity contribution in [3.63, 3.8) is 0 Å². The van der Waals surface area contributed by atoms with Crippen LogP contribution in [0, 0.1) is 0 Å². The van der Waals surface area contributed by atoms with Gasteiger partial charge in [-0.2, -0.15) is 0 Å². The summed E-state index contributed by atoms with van der Waals surface area (Å²) in [7, 11) is 6.04. The van der Waals surface area contributed by atoms with Crippen molar-refractivity contribution in [3.8, 4) is 0 Å². The standard InChI is InChI=1S/C20H23ClN4O2/c1-23(2)10-11-24(3)16-8-9-17-18(12-16)22-19(26)13-25(20(17)27)15-6-4-14(21)5-7-15/h4-9,12H,10-11,13H2,1-3H3,(H,22,26). The number of nitrogens with zero attached hydrogens (tertiary/aromatic N) is 3. The maximum atomic E-state index is 13.0. The van der Waals surface area contributed by atoms with Crippen LogP contribution in [-0.2, 0) is 4.79 Å². The van der Waals surface area contributed by atoms with Crippen LogP contribution in [0.5, 0.6) is 0 Å². The molecule has 0 saturated carbocycles. The zero-order valence-corrected chi connectivity index (χ0v) is 16.5. The fourth-order valence-corrected chi connectivity index (χ4v) is 3.04. The van der Waals surface area contributed by atoms with Gasteiger partial charge in [-0.15, -0.1) is 0 Å². The molecule has 1 aliphatic heterocycles. The first-order chi connectivity index (χ1) is 12.8. The monoisotopic (exact) mass is 386 g/mol. The Bertz CT molecular complexity index is 852. The maximum absolute atomic E-state index is 13.0. The van der Waals surface area contributed by atoms with Crippen molar-refractivity contribution >= 4 is 40.5 Å². The molecule has 0 aromatic heterocycles. The molecule has 0 fully saturated rings. The molecule has 6 nitrogen and oxygen atoms in total. The van der Waals surface area contributed by atoms with E-state index in [9.17, 15) is 9.59 Å². The third-order valence-electron chi connectivity index (χ3n) is 4.52. The molecule has 27 heavy (non-hydrogen) atoms. The number of rotatable bonds is 5. The number of hydrogen-bond acceptors (Lipinski definition) is 4. The molecule has 0 saturated heterocycles. The average molecular weight is 387 g/mol. The molecule has 2 aromatic rings. The van der Waals surface area contributed by atoms with E-state index in [0.717, 1.165) is 18.8 Å². The highest BCUT2D eigenvalue weighted by atomic mass is 35.5. The first-order valence-electron chi connectivity index (χ1n) is 8.72. The molecular weight excluding hydrogens is 364 g/mol. The van der Waals surface area contributed by atoms with Crippen molar-refractivity contribution in [1.29, 1.82) is 0 Å². The third kappa shape index (κ3) is 4.40. The molecule has 7 heteroatoms. The normalized spacial score (nSPS) is 14.0. The van der Waals surface area contributed by atoms with Gasteiger partial charge in [0.05, 0.1) is 11.3 Å². The number of carbonyl (C=O) groups is 2. The molecule has 0 radical (unpaired) electrons. The Morgan fingerprint density at radius 1 is 1.04 bits per heavy atom. The van der Waals surface area contributed by atoms with Crippen LogP contribution in [0.4, 0.5) is 17.1 Å². The van der Waals surface area contributed by atoms with Crippen LogP contribution in [0.1, 0.15) is 10.4 Å². The summed E-state index contributed by atoms with van der Waals surface area (Å²) in [6, 6.07) is 12.4. The highest BCUT2D eigenvalue weighted by molar-refractivity contribution is 6.30. The molecule has 3 rings (SSSR count). The molecular formula is C20H23ClN4O2. The summed E-state index contributed by atoms with van der Waals surface area (Å²) < 4.78 is 0. The predicted molar refractivity (Wildman–Crippen MR) is 110 cm³/mol. The Morgan fingerprint density at radius 3 is 2.41 bits per heavy atom. The summed E-state index contributed by atoms with van der Waals surface area (Å²) in [5.74, 6) is -0.446. The minimum absolute atomic E-state index is 0.0407. The lowest BCUT2D eigenvalue weighted by Gasteiger charge is -2.23. The van der Waals surface area contributed by atoms with Gasteiger partial charge in [0.15, 0.2) is 0 Å². The molecule has 0 aliphatic carbocycles. The summed E-state index contributed by atoms with van der Waals surface area (Å²) >= 11 is 5.93. The number of hydrogen-bond donors (Lipinski definition) is 1. The Kier molecular flexibility index (Phi) is 5.68. The van der Waals surface area contributed by atoms with Gasteiger partial charge < -0.3 is 15.1 Å². The number of fused-ring (bicyclic) bond motifs is 1. The van der Waals surface area contributed by atoms with E-state index in [0.29, 0.717) is 22.0 Å². The van der Waals surface area contributed by atoms with Crippen LogP contribution < -0.4 is 15.1 Å². The zero-order valence-electron chi connectivity index (χ0n) is 15.7. The predicted octanol–water partition coefficient (Wildman–Crippen LogP) is 2.94. The summed E-state index contributed by atoms with van der Waals surface area (Å²) in [6.45, 7) is 1.70. The van der Waals surface area contributed by atoms with Crippen molar-refractivity contribution in [2.45, 2.75) is 0 Å². The maximum Gasteiger partial charge on any atom is 0.260 e. The van der Waals surface area contributed by atoms with E-state index in [4.69, 9.17) is 11.6 Å². The van der Waals surface area contributed by atoms with Gasteiger partial charge in [-0.1, -0.05) is 11.6 Å². The van der Waals surface area contributed by atoms with Crippen LogP contribution in [0.3, 0.4) is 0 Å². The number of nitrogens with one attached hydrogen (secondary N) is 1. The van der Waals surface area contributed by atoms with Gasteiger partial charge in [0.1, 0.15) is 6.54 Å². The smallest absolute Gasteiger partial charge is 0.260 e. The number of halogens is 1. The Hall–Kier alpha value is -2.57. The highest BCUT2D eigenvalue weighted by Crippen LogP contribution is 2.29. The molecule has 1 N–H and O–H groups in total. The van der Waals surface area contributed by atoms with Gasteiger partial charge in [0, 0.05) is 36.5 Å². The molecule has 0 bridgehead atoms. The van der Waals surface area contributed by atoms with E-state index >= 15 is 0 Å². The van der Waals surface area contributed by atoms with E-state index in [1.54, 1.807) is 30.3 Å². The summed E-state index contributed by atoms with van der Waals surface area (Å²) in [5, 5.41) is 3.44. The van der Waals surface area contributed by atoms with Gasteiger partial charge >= 0.3 is 0 Å². The molecule has 2 amide bonds. The number of carbonyl (C=O) groups excluding carboxylic acids is 2. The minimum Gasteiger partial charge on any atom is -0.373 e. The number of likely N-dealkylation sites (N-methyl/N-ethyl adjacent to an activating group) is 2. The Balaban J connectivity index is 1.90. The van der Waals surface area contributed by atoms with Crippen molar-refractivity contribution in [1.82, 2.24) is 4.90 Å². The zero-order chi connectivity index (χ0) is 19.6. The van der Waals surface area contributed by atoms with Gasteiger partial charge in [-0.25, -0.2) is 0 Å². The second-order valence-electron chi connectivity index (χ2n) is 6.87. The fourth-order valence-electron chi connectivity index (χ4n) is 2.92. The van der Waals surface area contributed by atoms with Crippen molar-refractivity contribution in [2.75, 3.05) is 55.9 Å². The van der Waals surface area contributed by atoms with E-state index in [-0.39, 0.29) is 18.4 Å². The Labute approximate surface area is 164 Å². The van der Waals surface area contributed by atoms with Crippen molar-refractivity contribution < 1.29 is 9.59 Å². The second kappa shape index (κ2) is 7.98. The van der Waals surface area contributed by atoms with E-state index in [2.05, 4.69) is 15.1 Å². The van der Waals surface area contributed by atoms with Crippen LogP contribution >= 0.6 is 11.6 Å². The minimum atomic E-state index is -0.231. The lowest BCUT2D eigenvalue weighted by Crippen LogP contribution is -2.34. The number of anilines is 3. The van der Waals surface area contributed by atoms with E-state index < -0.39 is 0 Å². The molecule has 2 aromatic carbocycles. The van der Waals surface area contributed by atoms with Crippen LogP contribution in [0.15, 0.2) is 42.5 Å². The first kappa shape index (κ1) is 19.2. The third-order valence-corrected chi connectivity index (χ3v) is 4.77. The van der Waals surface area contributed by atoms with Crippen LogP contribution in [0.25, 0.3) is 0 Å². The van der Waals surface area contributed by atoms with Gasteiger partial charge in [-0.05, 0) is 56.6 Å². The van der Waals surface area contributed by atoms with Gasteiger partial charge in [-0.3, -0.25) is 14.5 Å². The average Bonchev–Trinajstić information content (AvgIpc) is 2.76. The fraction of sp³-hybridized carbons (Fsp3) is 0.300. The van der Waals surface area contributed by atoms with E-state index in [1.165, 1.54) is 4.90 Å². The van der Waals surface area contributed by atoms with Crippen LogP contribution in [-0.4, -0.2) is 57.5 Å². The lowest BCUT2D eigenvalue weighted by atomic mass is 10.1. The summed E-state index contributed by atoms with van der Waals surface area (Å²) in [5.41, 5.74) is 2.60. The Morgan fingerprint density at radius 2 is 1.74 bits per heavy atom. The molecule has 1 heterocycles. The van der Waals surface area contributed by atoms with Crippen molar-refractivity contribution in [2.24, 2.45) is 0 Å². The van der Waals surface area contributed by atoms with Gasteiger partial charge in [0.2, 0.25) is 5.91 Å². The summed E-state index contributed by atoms with van der Waals surface area (Å²) in [6.07, 6.45) is 0. The largest absolute Gasteiger partial charge is 0.373 e. The van der Waals surface area contributed by atoms with Crippen molar-refractivity contribution in [3.05, 3.63) is 53.1 Å². The number of amides is 2. The first-order valence-corrected chi connectivity index (χ1v) is 9.10. The SMILES string of the molecule is CN(C)CCN(C)c1ccc2c(c1)NC(=O)CN(c1ccc(Cl)cc1)C2=O. The molecule has 1 aliphatic rings. The topological polar surface area (TPSA) is 55.9 Å². The molecule has 0 unspecified atom stereocenters. The summed E-state index contributed by atoms with van der Waals surface area (Å²) in [4.78, 5) is 31.1.